The van der Waals surface area contributed by atoms with Gasteiger partial charge >= 0.3 is 0 Å². The number of sulfone groups is 1. The van der Waals surface area contributed by atoms with Crippen LogP contribution in [0.4, 0.5) is 4.39 Å². The quantitative estimate of drug-likeness (QED) is 0.737. The van der Waals surface area contributed by atoms with Crippen molar-refractivity contribution in [2.24, 2.45) is 0 Å². The first-order chi connectivity index (χ1) is 12.9. The van der Waals surface area contributed by atoms with Gasteiger partial charge in [0.15, 0.2) is 15.7 Å². The zero-order valence-corrected chi connectivity index (χ0v) is 15.1. The summed E-state index contributed by atoms with van der Waals surface area (Å²) >= 11 is 0. The third kappa shape index (κ3) is 3.50. The van der Waals surface area contributed by atoms with E-state index >= 15 is 0 Å². The van der Waals surface area contributed by atoms with Crippen LogP contribution in [0.5, 0.6) is 0 Å². The van der Waals surface area contributed by atoms with Crippen LogP contribution in [0.15, 0.2) is 55.0 Å². The van der Waals surface area contributed by atoms with Crippen molar-refractivity contribution in [1.82, 2.24) is 19.7 Å². The molecule has 0 aliphatic carbocycles. The summed E-state index contributed by atoms with van der Waals surface area (Å²) in [7, 11) is -3.09. The van der Waals surface area contributed by atoms with Crippen molar-refractivity contribution in [3.05, 3.63) is 66.4 Å². The molecular formula is C18H17FN4O3S. The van der Waals surface area contributed by atoms with Gasteiger partial charge in [0.2, 0.25) is 0 Å². The second kappa shape index (κ2) is 6.66. The van der Waals surface area contributed by atoms with Crippen molar-refractivity contribution in [2.75, 3.05) is 11.5 Å². The average Bonchev–Trinajstić information content (AvgIpc) is 3.34. The molecule has 0 bridgehead atoms. The summed E-state index contributed by atoms with van der Waals surface area (Å²) in [5.74, 6) is -0.242. The molecule has 0 spiro atoms. The lowest BCUT2D eigenvalue weighted by Crippen LogP contribution is -2.36. The van der Waals surface area contributed by atoms with Gasteiger partial charge in [0.1, 0.15) is 11.4 Å². The molecule has 140 valence electrons. The van der Waals surface area contributed by atoms with Crippen LogP contribution in [0.2, 0.25) is 0 Å². The van der Waals surface area contributed by atoms with E-state index in [1.807, 2.05) is 12.1 Å². The maximum absolute atomic E-state index is 13.3. The van der Waals surface area contributed by atoms with Gasteiger partial charge in [-0.1, -0.05) is 0 Å². The van der Waals surface area contributed by atoms with Crippen molar-refractivity contribution in [1.29, 1.82) is 0 Å². The highest BCUT2D eigenvalue weighted by molar-refractivity contribution is 7.91. The Morgan fingerprint density at radius 3 is 2.52 bits per heavy atom. The van der Waals surface area contributed by atoms with Crippen LogP contribution >= 0.6 is 0 Å². The SMILES string of the molecule is O=C(NC1CCS(=O)(=O)C1)c1cnn(-c2ccc(F)cc2)c1-n1cccc1. The van der Waals surface area contributed by atoms with Crippen LogP contribution in [0.1, 0.15) is 16.8 Å². The Morgan fingerprint density at radius 2 is 1.89 bits per heavy atom. The summed E-state index contributed by atoms with van der Waals surface area (Å²) in [4.78, 5) is 12.8. The number of hydrogen-bond donors (Lipinski definition) is 1. The summed E-state index contributed by atoms with van der Waals surface area (Å²) in [5.41, 5.74) is 0.905. The number of hydrogen-bond acceptors (Lipinski definition) is 4. The molecule has 1 N–H and O–H groups in total. The molecular weight excluding hydrogens is 371 g/mol. The van der Waals surface area contributed by atoms with Crippen molar-refractivity contribution in [3.8, 4) is 11.5 Å². The van der Waals surface area contributed by atoms with E-state index < -0.39 is 21.8 Å². The van der Waals surface area contributed by atoms with Gasteiger partial charge in [-0.2, -0.15) is 5.10 Å². The Morgan fingerprint density at radius 1 is 1.19 bits per heavy atom. The smallest absolute Gasteiger partial charge is 0.256 e. The Kier molecular flexibility index (Phi) is 4.31. The summed E-state index contributed by atoms with van der Waals surface area (Å²) < 4.78 is 39.8. The maximum Gasteiger partial charge on any atom is 0.256 e. The maximum atomic E-state index is 13.3. The lowest BCUT2D eigenvalue weighted by atomic mass is 10.2. The molecule has 7 nitrogen and oxygen atoms in total. The third-order valence-electron chi connectivity index (χ3n) is 4.48. The Labute approximate surface area is 155 Å². The predicted molar refractivity (Wildman–Crippen MR) is 97.4 cm³/mol. The zero-order valence-electron chi connectivity index (χ0n) is 14.2. The van der Waals surface area contributed by atoms with Crippen LogP contribution in [0.25, 0.3) is 11.5 Å². The first-order valence-corrected chi connectivity index (χ1v) is 10.2. The highest BCUT2D eigenvalue weighted by atomic mass is 32.2. The van der Waals surface area contributed by atoms with Gasteiger partial charge in [0, 0.05) is 18.4 Å². The number of aromatic nitrogens is 3. The van der Waals surface area contributed by atoms with Crippen molar-refractivity contribution in [2.45, 2.75) is 12.5 Å². The zero-order chi connectivity index (χ0) is 19.0. The largest absolute Gasteiger partial charge is 0.348 e. The first-order valence-electron chi connectivity index (χ1n) is 8.41. The fourth-order valence-corrected chi connectivity index (χ4v) is 4.84. The van der Waals surface area contributed by atoms with E-state index in [0.717, 1.165) is 0 Å². The van der Waals surface area contributed by atoms with E-state index in [-0.39, 0.29) is 17.3 Å². The van der Waals surface area contributed by atoms with E-state index in [9.17, 15) is 17.6 Å². The highest BCUT2D eigenvalue weighted by Crippen LogP contribution is 2.21. The topological polar surface area (TPSA) is 86.0 Å². The minimum absolute atomic E-state index is 0.0519. The van der Waals surface area contributed by atoms with Gasteiger partial charge in [-0.05, 0) is 42.8 Å². The monoisotopic (exact) mass is 388 g/mol. The van der Waals surface area contributed by atoms with Gasteiger partial charge in [-0.15, -0.1) is 0 Å². The Balaban J connectivity index is 1.71. The van der Waals surface area contributed by atoms with Gasteiger partial charge in [0.25, 0.3) is 5.91 Å². The van der Waals surface area contributed by atoms with E-state index in [0.29, 0.717) is 23.5 Å². The van der Waals surface area contributed by atoms with Crippen LogP contribution in [0, 0.1) is 5.82 Å². The summed E-state index contributed by atoms with van der Waals surface area (Å²) in [6.45, 7) is 0. The molecule has 27 heavy (non-hydrogen) atoms. The van der Waals surface area contributed by atoms with Gasteiger partial charge in [0.05, 0.1) is 23.4 Å². The van der Waals surface area contributed by atoms with Crippen molar-refractivity contribution < 1.29 is 17.6 Å². The number of nitrogens with one attached hydrogen (secondary N) is 1. The Hall–Kier alpha value is -2.94. The standard InChI is InChI=1S/C18H17FN4O3S/c19-13-3-5-15(6-4-13)23-18(22-8-1-2-9-22)16(11-20-23)17(24)21-14-7-10-27(25,26)12-14/h1-6,8-9,11,14H,7,10,12H2,(H,21,24). The number of amides is 1. The molecule has 4 rings (SSSR count). The number of halogens is 1. The molecule has 1 fully saturated rings. The summed E-state index contributed by atoms with van der Waals surface area (Å²) in [6.07, 6.45) is 5.37. The normalized spacial score (nSPS) is 18.5. The summed E-state index contributed by atoms with van der Waals surface area (Å²) in [6, 6.07) is 9.00. The minimum atomic E-state index is -3.09. The molecule has 1 aromatic carbocycles. The van der Waals surface area contributed by atoms with E-state index in [2.05, 4.69) is 10.4 Å². The second-order valence-electron chi connectivity index (χ2n) is 6.43. The molecule has 2 aromatic heterocycles. The van der Waals surface area contributed by atoms with Crippen molar-refractivity contribution in [3.63, 3.8) is 0 Å². The molecule has 1 aliphatic rings. The molecule has 1 aliphatic heterocycles. The van der Waals surface area contributed by atoms with Crippen LogP contribution in [-0.4, -0.2) is 46.2 Å². The molecule has 3 heterocycles. The summed E-state index contributed by atoms with van der Waals surface area (Å²) in [5, 5.41) is 7.07. The average molecular weight is 388 g/mol. The molecule has 1 amide bonds. The molecule has 1 unspecified atom stereocenters. The minimum Gasteiger partial charge on any atom is -0.348 e. The Bertz CT molecular complexity index is 1070. The lowest BCUT2D eigenvalue weighted by Gasteiger charge is -2.13. The molecule has 1 atom stereocenters. The van der Waals surface area contributed by atoms with Crippen LogP contribution < -0.4 is 5.32 Å². The molecule has 3 aromatic rings. The fraction of sp³-hybridized carbons (Fsp3) is 0.222. The van der Waals surface area contributed by atoms with Gasteiger partial charge in [-0.25, -0.2) is 17.5 Å². The molecule has 0 saturated carbocycles. The number of rotatable bonds is 4. The highest BCUT2D eigenvalue weighted by Gasteiger charge is 2.30. The molecule has 1 saturated heterocycles. The van der Waals surface area contributed by atoms with Gasteiger partial charge in [-0.3, -0.25) is 4.79 Å². The second-order valence-corrected chi connectivity index (χ2v) is 8.66. The molecule has 9 heteroatoms. The number of carbonyl (C=O) groups is 1. The first kappa shape index (κ1) is 17.5. The van der Waals surface area contributed by atoms with Gasteiger partial charge < -0.3 is 9.88 Å². The van der Waals surface area contributed by atoms with Crippen LogP contribution in [0.3, 0.4) is 0 Å². The number of nitrogens with zero attached hydrogens (tertiary/aromatic N) is 3. The predicted octanol–water partition coefficient (Wildman–Crippen LogP) is 1.72. The third-order valence-corrected chi connectivity index (χ3v) is 6.24. The number of carbonyl (C=O) groups excluding carboxylic acids is 1. The van der Waals surface area contributed by atoms with Crippen molar-refractivity contribution >= 4 is 15.7 Å². The van der Waals surface area contributed by atoms with E-state index in [1.54, 1.807) is 33.8 Å². The van der Waals surface area contributed by atoms with E-state index in [4.69, 9.17) is 0 Å². The fourth-order valence-electron chi connectivity index (χ4n) is 3.17. The number of benzene rings is 1. The molecule has 0 radical (unpaired) electrons. The lowest BCUT2D eigenvalue weighted by molar-refractivity contribution is 0.0941. The van der Waals surface area contributed by atoms with E-state index in [1.165, 1.54) is 18.3 Å². The van der Waals surface area contributed by atoms with Crippen LogP contribution in [-0.2, 0) is 9.84 Å².